The third-order valence-corrected chi connectivity index (χ3v) is 0.793. The molecule has 0 aliphatic carbocycles. The van der Waals surface area contributed by atoms with E-state index in [0.717, 1.165) is 0 Å². The Morgan fingerprint density at radius 1 is 1.78 bits per heavy atom. The highest BCUT2D eigenvalue weighted by molar-refractivity contribution is 5.53. The lowest BCUT2D eigenvalue weighted by Gasteiger charge is -1.73. The van der Waals surface area contributed by atoms with Crippen molar-refractivity contribution in [3.8, 4) is 0 Å². The van der Waals surface area contributed by atoms with E-state index >= 15 is 0 Å². The second-order valence-corrected chi connectivity index (χ2v) is 1.56. The highest BCUT2D eigenvalue weighted by atomic mass is 16.5. The first-order chi connectivity index (χ1) is 4.33. The van der Waals surface area contributed by atoms with Crippen LogP contribution in [0.2, 0.25) is 0 Å². The van der Waals surface area contributed by atoms with Gasteiger partial charge in [-0.05, 0) is 6.92 Å². The number of carbonyl (C=O) groups excluding carboxylic acids is 1. The molecule has 0 atom stereocenters. The number of aromatic nitrogens is 2. The SMILES string of the molecule is Cc1noc(C[C]=O)n1. The van der Waals surface area contributed by atoms with Gasteiger partial charge in [0.1, 0.15) is 0 Å². The highest BCUT2D eigenvalue weighted by Gasteiger charge is 1.99. The minimum atomic E-state index is 0.0842. The topological polar surface area (TPSA) is 56.0 Å². The lowest BCUT2D eigenvalue weighted by Crippen LogP contribution is -1.84. The molecule has 0 fully saturated rings. The predicted octanol–water partition coefficient (Wildman–Crippen LogP) is 0.0302. The third-order valence-electron chi connectivity index (χ3n) is 0.793. The first-order valence-corrected chi connectivity index (χ1v) is 2.47. The smallest absolute Gasteiger partial charge is 0.234 e. The molecule has 0 bridgehead atoms. The van der Waals surface area contributed by atoms with Gasteiger partial charge in [0.15, 0.2) is 5.82 Å². The Balaban J connectivity index is 2.72. The van der Waals surface area contributed by atoms with Crippen molar-refractivity contribution >= 4 is 6.29 Å². The van der Waals surface area contributed by atoms with Crippen LogP contribution in [-0.4, -0.2) is 16.4 Å². The zero-order chi connectivity index (χ0) is 6.69. The van der Waals surface area contributed by atoms with Gasteiger partial charge in [0.25, 0.3) is 0 Å². The first-order valence-electron chi connectivity index (χ1n) is 2.47. The molecule has 1 aromatic heterocycles. The summed E-state index contributed by atoms with van der Waals surface area (Å²) >= 11 is 0. The number of hydrogen-bond acceptors (Lipinski definition) is 4. The van der Waals surface area contributed by atoms with Crippen LogP contribution in [0, 0.1) is 6.92 Å². The van der Waals surface area contributed by atoms with Crippen molar-refractivity contribution in [1.82, 2.24) is 10.1 Å². The maximum absolute atomic E-state index is 9.73. The molecule has 0 amide bonds. The Kier molecular flexibility index (Phi) is 1.58. The van der Waals surface area contributed by atoms with Crippen molar-refractivity contribution in [1.29, 1.82) is 0 Å². The average Bonchev–Trinajstić information content (AvgIpc) is 2.17. The maximum Gasteiger partial charge on any atom is 0.234 e. The molecular formula is C5H5N2O2. The summed E-state index contributed by atoms with van der Waals surface area (Å²) in [5, 5.41) is 3.47. The van der Waals surface area contributed by atoms with Crippen LogP contribution in [-0.2, 0) is 11.2 Å². The molecule has 0 unspecified atom stereocenters. The Morgan fingerprint density at radius 3 is 3.00 bits per heavy atom. The Morgan fingerprint density at radius 2 is 2.56 bits per heavy atom. The Hall–Kier alpha value is -1.19. The van der Waals surface area contributed by atoms with Gasteiger partial charge in [-0.3, -0.25) is 4.79 Å². The van der Waals surface area contributed by atoms with E-state index in [9.17, 15) is 4.79 Å². The molecule has 1 radical (unpaired) electrons. The van der Waals surface area contributed by atoms with Crippen LogP contribution in [0.1, 0.15) is 11.7 Å². The van der Waals surface area contributed by atoms with Crippen LogP contribution in [0.5, 0.6) is 0 Å². The molecule has 0 aliphatic heterocycles. The van der Waals surface area contributed by atoms with E-state index in [1.54, 1.807) is 13.2 Å². The largest absolute Gasteiger partial charge is 0.339 e. The van der Waals surface area contributed by atoms with Crippen LogP contribution in [0.4, 0.5) is 0 Å². The van der Waals surface area contributed by atoms with E-state index in [2.05, 4.69) is 14.7 Å². The summed E-state index contributed by atoms with van der Waals surface area (Å²) < 4.78 is 4.58. The molecule has 0 N–H and O–H groups in total. The minimum Gasteiger partial charge on any atom is -0.339 e. The van der Waals surface area contributed by atoms with Gasteiger partial charge in [0.05, 0.1) is 6.42 Å². The molecule has 1 rings (SSSR count). The van der Waals surface area contributed by atoms with Gasteiger partial charge in [0, 0.05) is 0 Å². The fourth-order valence-corrected chi connectivity index (χ4v) is 0.474. The Labute approximate surface area is 51.9 Å². The molecule has 0 aliphatic rings. The van der Waals surface area contributed by atoms with E-state index in [4.69, 9.17) is 0 Å². The van der Waals surface area contributed by atoms with Gasteiger partial charge in [-0.25, -0.2) is 0 Å². The second-order valence-electron chi connectivity index (χ2n) is 1.56. The van der Waals surface area contributed by atoms with E-state index < -0.39 is 0 Å². The molecule has 0 spiro atoms. The molecule has 4 heteroatoms. The fourth-order valence-electron chi connectivity index (χ4n) is 0.474. The van der Waals surface area contributed by atoms with Crippen molar-refractivity contribution < 1.29 is 9.32 Å². The number of aryl methyl sites for hydroxylation is 1. The molecule has 1 heterocycles. The van der Waals surface area contributed by atoms with Crippen molar-refractivity contribution in [3.05, 3.63) is 11.7 Å². The zero-order valence-electron chi connectivity index (χ0n) is 4.92. The van der Waals surface area contributed by atoms with Crippen LogP contribution in [0.25, 0.3) is 0 Å². The summed E-state index contributed by atoms with van der Waals surface area (Å²) in [7, 11) is 0. The molecular weight excluding hydrogens is 120 g/mol. The van der Waals surface area contributed by atoms with Crippen molar-refractivity contribution in [2.45, 2.75) is 13.3 Å². The normalized spacial score (nSPS) is 9.44. The van der Waals surface area contributed by atoms with Gasteiger partial charge in [0.2, 0.25) is 12.2 Å². The average molecular weight is 125 g/mol. The number of rotatable bonds is 2. The summed E-state index contributed by atoms with van der Waals surface area (Å²) in [6.07, 6.45) is 1.74. The first kappa shape index (κ1) is 5.94. The van der Waals surface area contributed by atoms with Crippen LogP contribution in [0.3, 0.4) is 0 Å². The van der Waals surface area contributed by atoms with E-state index in [-0.39, 0.29) is 6.42 Å². The summed E-state index contributed by atoms with van der Waals surface area (Å²) in [4.78, 5) is 13.5. The van der Waals surface area contributed by atoms with E-state index in [0.29, 0.717) is 11.7 Å². The maximum atomic E-state index is 9.73. The lowest BCUT2D eigenvalue weighted by atomic mass is 10.5. The number of hydrogen-bond donors (Lipinski definition) is 0. The predicted molar refractivity (Wildman–Crippen MR) is 28.4 cm³/mol. The number of nitrogens with zero attached hydrogens (tertiary/aromatic N) is 2. The fraction of sp³-hybridized carbons (Fsp3) is 0.400. The van der Waals surface area contributed by atoms with Crippen molar-refractivity contribution in [3.63, 3.8) is 0 Å². The molecule has 0 saturated heterocycles. The molecule has 47 valence electrons. The highest BCUT2D eigenvalue weighted by Crippen LogP contribution is 1.93. The third kappa shape index (κ3) is 1.35. The standard InChI is InChI=1S/C5H5N2O2/c1-4-6-5(2-3-8)9-7-4/h2H2,1H3. The molecule has 9 heavy (non-hydrogen) atoms. The van der Waals surface area contributed by atoms with Gasteiger partial charge in [-0.15, -0.1) is 0 Å². The second kappa shape index (κ2) is 2.39. The summed E-state index contributed by atoms with van der Waals surface area (Å²) in [6.45, 7) is 1.69. The quantitative estimate of drug-likeness (QED) is 0.559. The molecule has 4 nitrogen and oxygen atoms in total. The molecule has 1 aromatic rings. The summed E-state index contributed by atoms with van der Waals surface area (Å²) in [5.74, 6) is 0.864. The molecule has 0 saturated carbocycles. The zero-order valence-corrected chi connectivity index (χ0v) is 4.92. The van der Waals surface area contributed by atoms with E-state index in [1.807, 2.05) is 0 Å². The van der Waals surface area contributed by atoms with Crippen LogP contribution < -0.4 is 0 Å². The van der Waals surface area contributed by atoms with Crippen molar-refractivity contribution in [2.24, 2.45) is 0 Å². The van der Waals surface area contributed by atoms with Gasteiger partial charge in [-0.2, -0.15) is 4.98 Å². The van der Waals surface area contributed by atoms with Crippen LogP contribution >= 0.6 is 0 Å². The minimum absolute atomic E-state index is 0.0842. The molecule has 0 aromatic carbocycles. The monoisotopic (exact) mass is 125 g/mol. The van der Waals surface area contributed by atoms with Crippen molar-refractivity contribution in [2.75, 3.05) is 0 Å². The van der Waals surface area contributed by atoms with Gasteiger partial charge >= 0.3 is 0 Å². The van der Waals surface area contributed by atoms with Crippen LogP contribution in [0.15, 0.2) is 4.52 Å². The Bertz CT molecular complexity index is 206. The summed E-state index contributed by atoms with van der Waals surface area (Å²) in [5.41, 5.74) is 0. The van der Waals surface area contributed by atoms with E-state index in [1.165, 1.54) is 0 Å². The van der Waals surface area contributed by atoms with Gasteiger partial charge in [-0.1, -0.05) is 5.16 Å². The lowest BCUT2D eigenvalue weighted by molar-refractivity contribution is 0.382. The van der Waals surface area contributed by atoms with Gasteiger partial charge < -0.3 is 4.52 Å². The summed E-state index contributed by atoms with van der Waals surface area (Å²) in [6, 6.07) is 0.